The fraction of sp³-hybridized carbons (Fsp3) is 1.00. The van der Waals surface area contributed by atoms with E-state index in [0.717, 1.165) is 45.3 Å². The summed E-state index contributed by atoms with van der Waals surface area (Å²) in [6.07, 6.45) is 3.75. The predicted octanol–water partition coefficient (Wildman–Crippen LogP) is 1.03. The summed E-state index contributed by atoms with van der Waals surface area (Å²) in [4.78, 5) is 4.94. The molecule has 0 aromatic rings. The molecule has 0 bridgehead atoms. The van der Waals surface area contributed by atoms with Gasteiger partial charge in [0, 0.05) is 32.3 Å². The molecule has 0 spiro atoms. The van der Waals surface area contributed by atoms with E-state index in [9.17, 15) is 0 Å². The molecule has 0 aromatic carbocycles. The van der Waals surface area contributed by atoms with Gasteiger partial charge in [0.25, 0.3) is 0 Å². The van der Waals surface area contributed by atoms with Gasteiger partial charge < -0.3 is 19.9 Å². The highest BCUT2D eigenvalue weighted by Crippen LogP contribution is 2.13. The smallest absolute Gasteiger partial charge is 0.0477 e. The van der Waals surface area contributed by atoms with Gasteiger partial charge in [-0.3, -0.25) is 0 Å². The Balaban J connectivity index is 1.95. The summed E-state index contributed by atoms with van der Waals surface area (Å²) in [6.45, 7) is 9.57. The molecule has 1 saturated heterocycles. The third-order valence-corrected chi connectivity index (χ3v) is 3.80. The van der Waals surface area contributed by atoms with Crippen LogP contribution in [0.15, 0.2) is 0 Å². The average Bonchev–Trinajstić information content (AvgIpc) is 2.38. The SMILES string of the molecule is CCOCCCNCCN(C)C1CCN(C)CC1. The first-order valence-corrected chi connectivity index (χ1v) is 7.41. The molecule has 18 heavy (non-hydrogen) atoms. The van der Waals surface area contributed by atoms with Gasteiger partial charge in [0.2, 0.25) is 0 Å². The standard InChI is InChI=1S/C14H31N3O/c1-4-18-13-5-8-15-9-12-17(3)14-6-10-16(2)11-7-14/h14-15H,4-13H2,1-3H3. The maximum Gasteiger partial charge on any atom is 0.0477 e. The van der Waals surface area contributed by atoms with Crippen LogP contribution in [0.1, 0.15) is 26.2 Å². The van der Waals surface area contributed by atoms with Crippen LogP contribution in [0.5, 0.6) is 0 Å². The van der Waals surface area contributed by atoms with Crippen LogP contribution in [0.25, 0.3) is 0 Å². The molecule has 1 aliphatic heterocycles. The second kappa shape index (κ2) is 9.73. The first kappa shape index (κ1) is 15.9. The summed E-state index contributed by atoms with van der Waals surface area (Å²) in [5.74, 6) is 0. The molecule has 0 saturated carbocycles. The van der Waals surface area contributed by atoms with E-state index in [4.69, 9.17) is 4.74 Å². The molecule has 108 valence electrons. The summed E-state index contributed by atoms with van der Waals surface area (Å²) in [6, 6.07) is 0.784. The summed E-state index contributed by atoms with van der Waals surface area (Å²) in [7, 11) is 4.48. The monoisotopic (exact) mass is 257 g/mol. The molecule has 0 aromatic heterocycles. The van der Waals surface area contributed by atoms with E-state index < -0.39 is 0 Å². The van der Waals surface area contributed by atoms with E-state index in [0.29, 0.717) is 0 Å². The first-order valence-electron chi connectivity index (χ1n) is 7.41. The Morgan fingerprint density at radius 2 is 2.00 bits per heavy atom. The molecule has 1 heterocycles. The second-order valence-corrected chi connectivity index (χ2v) is 5.32. The van der Waals surface area contributed by atoms with Crippen molar-refractivity contribution in [3.05, 3.63) is 0 Å². The Morgan fingerprint density at radius 1 is 1.28 bits per heavy atom. The molecule has 1 N–H and O–H groups in total. The maximum absolute atomic E-state index is 5.31. The van der Waals surface area contributed by atoms with Gasteiger partial charge in [-0.15, -0.1) is 0 Å². The van der Waals surface area contributed by atoms with Crippen molar-refractivity contribution in [3.63, 3.8) is 0 Å². The predicted molar refractivity (Wildman–Crippen MR) is 77.1 cm³/mol. The minimum absolute atomic E-state index is 0.784. The van der Waals surface area contributed by atoms with Crippen LogP contribution in [0, 0.1) is 0 Å². The molecule has 4 heteroatoms. The number of ether oxygens (including phenoxy) is 1. The number of hydrogen-bond donors (Lipinski definition) is 1. The lowest BCUT2D eigenvalue weighted by Gasteiger charge is -2.35. The third kappa shape index (κ3) is 6.69. The lowest BCUT2D eigenvalue weighted by atomic mass is 10.0. The molecule has 1 fully saturated rings. The number of likely N-dealkylation sites (N-methyl/N-ethyl adjacent to an activating group) is 1. The first-order chi connectivity index (χ1) is 8.74. The Kier molecular flexibility index (Phi) is 8.59. The topological polar surface area (TPSA) is 27.7 Å². The van der Waals surface area contributed by atoms with Crippen LogP contribution < -0.4 is 5.32 Å². The number of likely N-dealkylation sites (tertiary alicyclic amines) is 1. The van der Waals surface area contributed by atoms with Gasteiger partial charge in [-0.25, -0.2) is 0 Å². The van der Waals surface area contributed by atoms with Crippen molar-refractivity contribution < 1.29 is 4.74 Å². The van der Waals surface area contributed by atoms with Crippen molar-refractivity contribution in [2.75, 3.05) is 60.0 Å². The lowest BCUT2D eigenvalue weighted by Crippen LogP contribution is -2.44. The molecular weight excluding hydrogens is 226 g/mol. The Hall–Kier alpha value is -0.160. The van der Waals surface area contributed by atoms with Crippen LogP contribution in [0.3, 0.4) is 0 Å². The van der Waals surface area contributed by atoms with Crippen molar-refractivity contribution in [1.82, 2.24) is 15.1 Å². The molecule has 0 atom stereocenters. The van der Waals surface area contributed by atoms with Gasteiger partial charge in [-0.1, -0.05) is 0 Å². The zero-order valence-corrected chi connectivity index (χ0v) is 12.5. The van der Waals surface area contributed by atoms with E-state index >= 15 is 0 Å². The highest BCUT2D eigenvalue weighted by atomic mass is 16.5. The van der Waals surface area contributed by atoms with Crippen LogP contribution in [0.4, 0.5) is 0 Å². The van der Waals surface area contributed by atoms with Crippen molar-refractivity contribution in [1.29, 1.82) is 0 Å². The van der Waals surface area contributed by atoms with Crippen LogP contribution in [0.2, 0.25) is 0 Å². The van der Waals surface area contributed by atoms with Crippen LogP contribution in [-0.4, -0.2) is 75.9 Å². The van der Waals surface area contributed by atoms with Crippen molar-refractivity contribution >= 4 is 0 Å². The maximum atomic E-state index is 5.31. The number of piperidine rings is 1. The minimum Gasteiger partial charge on any atom is -0.382 e. The van der Waals surface area contributed by atoms with Crippen molar-refractivity contribution in [2.45, 2.75) is 32.2 Å². The van der Waals surface area contributed by atoms with E-state index in [-0.39, 0.29) is 0 Å². The van der Waals surface area contributed by atoms with Gasteiger partial charge in [-0.2, -0.15) is 0 Å². The van der Waals surface area contributed by atoms with Gasteiger partial charge >= 0.3 is 0 Å². The molecule has 0 aliphatic carbocycles. The van der Waals surface area contributed by atoms with Gasteiger partial charge in [0.1, 0.15) is 0 Å². The summed E-state index contributed by atoms with van der Waals surface area (Å²) >= 11 is 0. The molecule has 4 nitrogen and oxygen atoms in total. The fourth-order valence-electron chi connectivity index (χ4n) is 2.44. The molecule has 1 aliphatic rings. The van der Waals surface area contributed by atoms with E-state index in [1.807, 2.05) is 6.92 Å². The Morgan fingerprint density at radius 3 is 2.67 bits per heavy atom. The van der Waals surface area contributed by atoms with Crippen molar-refractivity contribution in [2.24, 2.45) is 0 Å². The fourth-order valence-corrected chi connectivity index (χ4v) is 2.44. The lowest BCUT2D eigenvalue weighted by molar-refractivity contribution is 0.139. The summed E-state index contributed by atoms with van der Waals surface area (Å²) in [5.41, 5.74) is 0. The highest BCUT2D eigenvalue weighted by Gasteiger charge is 2.19. The molecule has 0 amide bonds. The normalized spacial score (nSPS) is 18.7. The third-order valence-electron chi connectivity index (χ3n) is 3.80. The van der Waals surface area contributed by atoms with Gasteiger partial charge in [-0.05, 0) is 59.9 Å². The zero-order valence-electron chi connectivity index (χ0n) is 12.5. The second-order valence-electron chi connectivity index (χ2n) is 5.32. The van der Waals surface area contributed by atoms with E-state index in [1.54, 1.807) is 0 Å². The van der Waals surface area contributed by atoms with Crippen molar-refractivity contribution in [3.8, 4) is 0 Å². The number of nitrogens with zero attached hydrogens (tertiary/aromatic N) is 2. The minimum atomic E-state index is 0.784. The molecular formula is C14H31N3O. The number of nitrogens with one attached hydrogen (secondary N) is 1. The van der Waals surface area contributed by atoms with E-state index in [2.05, 4.69) is 29.2 Å². The quantitative estimate of drug-likeness (QED) is 0.624. The van der Waals surface area contributed by atoms with E-state index in [1.165, 1.54) is 25.9 Å². The van der Waals surface area contributed by atoms with Crippen LogP contribution >= 0.6 is 0 Å². The Labute approximate surface area is 113 Å². The molecule has 0 unspecified atom stereocenters. The zero-order chi connectivity index (χ0) is 13.2. The Bertz CT molecular complexity index is 193. The summed E-state index contributed by atoms with van der Waals surface area (Å²) in [5, 5.41) is 3.49. The number of hydrogen-bond acceptors (Lipinski definition) is 4. The highest BCUT2D eigenvalue weighted by molar-refractivity contribution is 4.76. The average molecular weight is 257 g/mol. The number of rotatable bonds is 9. The summed E-state index contributed by atoms with van der Waals surface area (Å²) < 4.78 is 5.31. The molecule has 0 radical (unpaired) electrons. The van der Waals surface area contributed by atoms with Gasteiger partial charge in [0.15, 0.2) is 0 Å². The largest absolute Gasteiger partial charge is 0.382 e. The van der Waals surface area contributed by atoms with Gasteiger partial charge in [0.05, 0.1) is 0 Å². The molecule has 1 rings (SSSR count). The van der Waals surface area contributed by atoms with Crippen LogP contribution in [-0.2, 0) is 4.74 Å².